The predicted molar refractivity (Wildman–Crippen MR) is 166 cm³/mol. The lowest BCUT2D eigenvalue weighted by atomic mass is 9.94. The molecule has 0 radical (unpaired) electrons. The van der Waals surface area contributed by atoms with Crippen molar-refractivity contribution in [3.8, 4) is 11.5 Å². The van der Waals surface area contributed by atoms with Crippen LogP contribution in [0.15, 0.2) is 42.6 Å². The molecule has 11 heteroatoms. The van der Waals surface area contributed by atoms with Gasteiger partial charge in [-0.2, -0.15) is 0 Å². The molecular weight excluding hydrogens is 593 g/mol. The molecule has 3 aromatic rings. The van der Waals surface area contributed by atoms with Crippen LogP contribution in [0.5, 0.6) is 11.5 Å². The summed E-state index contributed by atoms with van der Waals surface area (Å²) in [4.78, 5) is 21.4. The summed E-state index contributed by atoms with van der Waals surface area (Å²) in [6, 6.07) is 10.0. The zero-order valence-electron chi connectivity index (χ0n) is 24.6. The fourth-order valence-corrected chi connectivity index (χ4v) is 8.20. The third kappa shape index (κ3) is 5.59. The SMILES string of the molecule is CC(C)(C)[Si](C)(C)OC1CCN([C@H](c2cnc(NC(=O)C3(c4ccc5c(c4)OCO5)CC3)s2)c2ccc(F)cc2Cl)C1. The normalized spacial score (nSPS) is 20.5. The van der Waals surface area contributed by atoms with E-state index < -0.39 is 13.7 Å². The molecule has 0 bridgehead atoms. The number of carbonyl (C=O) groups is 1. The van der Waals surface area contributed by atoms with Crippen LogP contribution in [0.1, 0.15) is 62.1 Å². The number of thiazole rings is 1. The van der Waals surface area contributed by atoms with Crippen LogP contribution in [0.3, 0.4) is 0 Å². The number of hydrogen-bond donors (Lipinski definition) is 1. The Morgan fingerprint density at radius 2 is 1.98 bits per heavy atom. The van der Waals surface area contributed by atoms with E-state index in [2.05, 4.69) is 49.1 Å². The predicted octanol–water partition coefficient (Wildman–Crippen LogP) is 7.52. The van der Waals surface area contributed by atoms with Gasteiger partial charge in [-0.25, -0.2) is 9.37 Å². The fourth-order valence-electron chi connectivity index (χ4n) is 5.58. The van der Waals surface area contributed by atoms with Crippen LogP contribution >= 0.6 is 22.9 Å². The summed E-state index contributed by atoms with van der Waals surface area (Å²) in [5, 5.41) is 4.08. The Balaban J connectivity index is 1.23. The summed E-state index contributed by atoms with van der Waals surface area (Å²) in [5.41, 5.74) is 1.13. The minimum absolute atomic E-state index is 0.0809. The molecule has 2 fully saturated rings. The zero-order valence-corrected chi connectivity index (χ0v) is 27.2. The highest BCUT2D eigenvalue weighted by atomic mass is 35.5. The molecule has 3 aliphatic rings. The van der Waals surface area contributed by atoms with Crippen LogP contribution in [0.4, 0.5) is 9.52 Å². The van der Waals surface area contributed by atoms with Gasteiger partial charge < -0.3 is 19.2 Å². The summed E-state index contributed by atoms with van der Waals surface area (Å²) >= 11 is 8.05. The summed E-state index contributed by atoms with van der Waals surface area (Å²) in [6.07, 6.45) is 4.33. The van der Waals surface area contributed by atoms with Crippen molar-refractivity contribution < 1.29 is 23.1 Å². The van der Waals surface area contributed by atoms with Crippen LogP contribution < -0.4 is 14.8 Å². The number of benzene rings is 2. The Labute approximate surface area is 256 Å². The molecule has 2 aromatic carbocycles. The van der Waals surface area contributed by atoms with E-state index in [9.17, 15) is 9.18 Å². The molecule has 0 spiro atoms. The maximum absolute atomic E-state index is 14.0. The standard InChI is InChI=1S/C31H37ClFN3O4SSi/c1-30(2,3)42(4,5)40-21-10-13-36(17-21)27(22-8-7-20(33)15-23(22)32)26-16-34-29(41-26)35-28(37)31(11-12-31)19-6-9-24-25(14-19)39-18-38-24/h6-9,14-16,21,27H,10-13,17-18H2,1-5H3,(H,34,35,37)/t21?,27-/m0/s1. The van der Waals surface area contributed by atoms with Crippen LogP contribution in [-0.2, 0) is 14.6 Å². The number of nitrogens with zero attached hydrogens (tertiary/aromatic N) is 2. The van der Waals surface area contributed by atoms with E-state index in [1.54, 1.807) is 12.3 Å². The van der Waals surface area contributed by atoms with Gasteiger partial charge in [0.2, 0.25) is 12.7 Å². The van der Waals surface area contributed by atoms with Crippen LogP contribution in [-0.4, -0.2) is 50.1 Å². The average Bonchev–Trinajstić information content (AvgIpc) is 3.22. The number of ether oxygens (including phenoxy) is 2. The molecule has 224 valence electrons. The van der Waals surface area contributed by atoms with Crippen molar-refractivity contribution in [1.82, 2.24) is 9.88 Å². The number of nitrogens with one attached hydrogen (secondary N) is 1. The monoisotopic (exact) mass is 629 g/mol. The van der Waals surface area contributed by atoms with Gasteiger partial charge in [-0.3, -0.25) is 9.69 Å². The lowest BCUT2D eigenvalue weighted by Crippen LogP contribution is -2.44. The van der Waals surface area contributed by atoms with Crippen molar-refractivity contribution in [2.75, 3.05) is 25.2 Å². The minimum atomic E-state index is -1.95. The number of rotatable bonds is 8. The maximum Gasteiger partial charge on any atom is 0.236 e. The van der Waals surface area contributed by atoms with Gasteiger partial charge in [0.1, 0.15) is 5.82 Å². The highest BCUT2D eigenvalue weighted by Crippen LogP contribution is 2.51. The van der Waals surface area contributed by atoms with Gasteiger partial charge in [0.15, 0.2) is 24.9 Å². The number of likely N-dealkylation sites (tertiary alicyclic amines) is 1. The molecule has 1 N–H and O–H groups in total. The summed E-state index contributed by atoms with van der Waals surface area (Å²) in [6.45, 7) is 13.0. The van der Waals surface area contributed by atoms with Crippen molar-refractivity contribution in [1.29, 1.82) is 0 Å². The van der Waals surface area contributed by atoms with Gasteiger partial charge in [0.05, 0.1) is 17.6 Å². The van der Waals surface area contributed by atoms with Crippen LogP contribution in [0.25, 0.3) is 0 Å². The summed E-state index contributed by atoms with van der Waals surface area (Å²) in [5.74, 6) is 0.911. The molecule has 1 saturated heterocycles. The molecule has 1 saturated carbocycles. The first kappa shape index (κ1) is 29.6. The summed E-state index contributed by atoms with van der Waals surface area (Å²) in [7, 11) is -1.95. The molecule has 1 amide bonds. The van der Waals surface area contributed by atoms with Gasteiger partial charge in [0, 0.05) is 29.2 Å². The van der Waals surface area contributed by atoms with Gasteiger partial charge in [0.25, 0.3) is 0 Å². The van der Waals surface area contributed by atoms with Gasteiger partial charge >= 0.3 is 0 Å². The highest BCUT2D eigenvalue weighted by Gasteiger charge is 2.52. The Kier molecular flexibility index (Phi) is 7.67. The first-order chi connectivity index (χ1) is 19.9. The largest absolute Gasteiger partial charge is 0.454 e. The Morgan fingerprint density at radius 3 is 2.69 bits per heavy atom. The van der Waals surface area contributed by atoms with Gasteiger partial charge in [-0.15, -0.1) is 0 Å². The zero-order chi connectivity index (χ0) is 29.9. The lowest BCUT2D eigenvalue weighted by molar-refractivity contribution is -0.118. The number of amides is 1. The molecule has 6 rings (SSSR count). The van der Waals surface area contributed by atoms with Crippen LogP contribution in [0.2, 0.25) is 23.2 Å². The van der Waals surface area contributed by atoms with E-state index in [-0.39, 0.29) is 35.7 Å². The van der Waals surface area contributed by atoms with Crippen LogP contribution in [0, 0.1) is 5.82 Å². The Hall–Kier alpha value is -2.50. The molecule has 2 aliphatic heterocycles. The van der Waals surface area contributed by atoms with E-state index in [1.807, 2.05) is 18.2 Å². The number of hydrogen-bond acceptors (Lipinski definition) is 7. The van der Waals surface area contributed by atoms with E-state index in [0.29, 0.717) is 21.7 Å². The van der Waals surface area contributed by atoms with Crippen molar-refractivity contribution in [2.24, 2.45) is 0 Å². The number of anilines is 1. The van der Waals surface area contributed by atoms with Crippen molar-refractivity contribution in [2.45, 2.75) is 75.7 Å². The third-order valence-electron chi connectivity index (χ3n) is 9.19. The van der Waals surface area contributed by atoms with E-state index in [4.69, 9.17) is 25.5 Å². The second-order valence-corrected chi connectivity index (χ2v) is 19.2. The smallest absolute Gasteiger partial charge is 0.236 e. The van der Waals surface area contributed by atoms with Crippen molar-refractivity contribution in [3.05, 3.63) is 69.4 Å². The topological polar surface area (TPSA) is 72.9 Å². The number of halogens is 2. The van der Waals surface area contributed by atoms with Gasteiger partial charge in [-0.1, -0.05) is 55.8 Å². The first-order valence-corrected chi connectivity index (χ1v) is 18.5. The minimum Gasteiger partial charge on any atom is -0.454 e. The highest BCUT2D eigenvalue weighted by molar-refractivity contribution is 7.15. The molecular formula is C31H37ClFN3O4SSi. The number of carbonyl (C=O) groups excluding carboxylic acids is 1. The van der Waals surface area contributed by atoms with E-state index >= 15 is 0 Å². The molecule has 42 heavy (non-hydrogen) atoms. The lowest BCUT2D eigenvalue weighted by Gasteiger charge is -2.38. The molecule has 2 atom stereocenters. The second-order valence-electron chi connectivity index (χ2n) is 13.0. The average molecular weight is 630 g/mol. The second kappa shape index (κ2) is 10.9. The number of fused-ring (bicyclic) bond motifs is 1. The van der Waals surface area contributed by atoms with Gasteiger partial charge in [-0.05, 0) is 72.8 Å². The Bertz CT molecular complexity index is 1510. The third-order valence-corrected chi connectivity index (χ3v) is 15.0. The fraction of sp³-hybridized carbons (Fsp3) is 0.484. The molecule has 1 aliphatic carbocycles. The first-order valence-electron chi connectivity index (χ1n) is 14.4. The maximum atomic E-state index is 14.0. The molecule has 1 unspecified atom stereocenters. The van der Waals surface area contributed by atoms with E-state index in [0.717, 1.165) is 48.4 Å². The van der Waals surface area contributed by atoms with Crippen molar-refractivity contribution in [3.63, 3.8) is 0 Å². The van der Waals surface area contributed by atoms with E-state index in [1.165, 1.54) is 23.5 Å². The number of aromatic nitrogens is 1. The molecule has 3 heterocycles. The van der Waals surface area contributed by atoms with Crippen molar-refractivity contribution >= 4 is 42.3 Å². The molecule has 1 aromatic heterocycles. The summed E-state index contributed by atoms with van der Waals surface area (Å²) < 4.78 is 31.8. The quantitative estimate of drug-likeness (QED) is 0.260. The molecule has 7 nitrogen and oxygen atoms in total. The Morgan fingerprint density at radius 1 is 1.21 bits per heavy atom.